The second-order valence-corrected chi connectivity index (χ2v) is 6.14. The van der Waals surface area contributed by atoms with Gasteiger partial charge in [-0.25, -0.2) is 0 Å². The van der Waals surface area contributed by atoms with Crippen molar-refractivity contribution in [1.29, 1.82) is 0 Å². The van der Waals surface area contributed by atoms with Crippen LogP contribution in [0.3, 0.4) is 0 Å². The Bertz CT molecular complexity index is 400. The smallest absolute Gasteiger partial charge is 0.0609 e. The Balaban J connectivity index is 2.12. The summed E-state index contributed by atoms with van der Waals surface area (Å²) in [6, 6.07) is 8.83. The lowest BCUT2D eigenvalue weighted by atomic mass is 9.82. The molecule has 0 amide bonds. The fraction of sp³-hybridized carbons (Fsp3) is 0.625. The Hall–Kier alpha value is -0.860. The normalized spacial score (nSPS) is 19.9. The van der Waals surface area contributed by atoms with Crippen LogP contribution in [-0.2, 0) is 6.42 Å². The summed E-state index contributed by atoms with van der Waals surface area (Å²) in [4.78, 5) is 2.29. The van der Waals surface area contributed by atoms with E-state index in [1.807, 2.05) is 0 Å². The highest BCUT2D eigenvalue weighted by atomic mass is 16.3. The van der Waals surface area contributed by atoms with Crippen LogP contribution in [0.25, 0.3) is 0 Å². The zero-order valence-electron chi connectivity index (χ0n) is 11.8. The average molecular weight is 247 g/mol. The third-order valence-electron chi connectivity index (χ3n) is 4.41. The predicted molar refractivity (Wildman–Crippen MR) is 75.9 cm³/mol. The standard InChI is InChI=1S/C16H25NO/c1-16(2,12-18)17(3)11-14-9-6-8-13-7-4-5-10-15(13)14/h4-5,7,10,14,18H,6,8-9,11-12H2,1-3H3. The van der Waals surface area contributed by atoms with E-state index in [0.29, 0.717) is 5.92 Å². The molecule has 1 N–H and O–H groups in total. The van der Waals surface area contributed by atoms with Gasteiger partial charge in [0.25, 0.3) is 0 Å². The molecule has 0 saturated carbocycles. The Morgan fingerprint density at radius 1 is 1.33 bits per heavy atom. The van der Waals surface area contributed by atoms with Gasteiger partial charge in [-0.1, -0.05) is 24.3 Å². The van der Waals surface area contributed by atoms with Crippen LogP contribution >= 0.6 is 0 Å². The fourth-order valence-corrected chi connectivity index (χ4v) is 2.74. The Kier molecular flexibility index (Phi) is 4.08. The van der Waals surface area contributed by atoms with E-state index in [2.05, 4.69) is 50.1 Å². The van der Waals surface area contributed by atoms with Gasteiger partial charge in [0.1, 0.15) is 0 Å². The van der Waals surface area contributed by atoms with Crippen molar-refractivity contribution in [1.82, 2.24) is 4.90 Å². The van der Waals surface area contributed by atoms with Gasteiger partial charge in [-0.05, 0) is 57.2 Å². The molecule has 0 heterocycles. The van der Waals surface area contributed by atoms with Crippen molar-refractivity contribution in [3.05, 3.63) is 35.4 Å². The molecule has 1 aliphatic carbocycles. The van der Waals surface area contributed by atoms with Crippen LogP contribution in [0, 0.1) is 0 Å². The summed E-state index contributed by atoms with van der Waals surface area (Å²) < 4.78 is 0. The molecule has 18 heavy (non-hydrogen) atoms. The number of benzene rings is 1. The lowest BCUT2D eigenvalue weighted by Gasteiger charge is -2.38. The Morgan fingerprint density at radius 2 is 2.06 bits per heavy atom. The van der Waals surface area contributed by atoms with Gasteiger partial charge in [0.2, 0.25) is 0 Å². The Morgan fingerprint density at radius 3 is 2.78 bits per heavy atom. The molecule has 0 spiro atoms. The summed E-state index contributed by atoms with van der Waals surface area (Å²) in [5.41, 5.74) is 2.90. The van der Waals surface area contributed by atoms with Crippen LogP contribution in [0.15, 0.2) is 24.3 Å². The zero-order valence-corrected chi connectivity index (χ0v) is 11.8. The van der Waals surface area contributed by atoms with E-state index in [4.69, 9.17) is 0 Å². The van der Waals surface area contributed by atoms with Crippen LogP contribution in [0.5, 0.6) is 0 Å². The maximum atomic E-state index is 9.45. The van der Waals surface area contributed by atoms with Crippen LogP contribution < -0.4 is 0 Å². The van der Waals surface area contributed by atoms with E-state index in [-0.39, 0.29) is 12.1 Å². The van der Waals surface area contributed by atoms with Gasteiger partial charge in [-0.3, -0.25) is 4.90 Å². The molecule has 0 saturated heterocycles. The quantitative estimate of drug-likeness (QED) is 0.884. The molecule has 1 aromatic carbocycles. The maximum Gasteiger partial charge on any atom is 0.0609 e. The first-order valence-electron chi connectivity index (χ1n) is 6.94. The van der Waals surface area contributed by atoms with Gasteiger partial charge in [0.15, 0.2) is 0 Å². The summed E-state index contributed by atoms with van der Waals surface area (Å²) in [6.07, 6.45) is 3.78. The summed E-state index contributed by atoms with van der Waals surface area (Å²) in [7, 11) is 2.12. The number of hydrogen-bond acceptors (Lipinski definition) is 2. The lowest BCUT2D eigenvalue weighted by Crippen LogP contribution is -2.46. The summed E-state index contributed by atoms with van der Waals surface area (Å²) in [5, 5.41) is 9.45. The molecular weight excluding hydrogens is 222 g/mol. The van der Waals surface area contributed by atoms with Crippen molar-refractivity contribution in [3.63, 3.8) is 0 Å². The number of aryl methyl sites for hydroxylation is 1. The maximum absolute atomic E-state index is 9.45. The van der Waals surface area contributed by atoms with E-state index < -0.39 is 0 Å². The van der Waals surface area contributed by atoms with Crippen molar-refractivity contribution in [3.8, 4) is 0 Å². The van der Waals surface area contributed by atoms with Crippen LogP contribution in [0.2, 0.25) is 0 Å². The second kappa shape index (κ2) is 5.41. The fourth-order valence-electron chi connectivity index (χ4n) is 2.74. The van der Waals surface area contributed by atoms with Gasteiger partial charge in [0, 0.05) is 12.1 Å². The minimum absolute atomic E-state index is 0.133. The van der Waals surface area contributed by atoms with E-state index in [9.17, 15) is 5.11 Å². The average Bonchev–Trinajstić information content (AvgIpc) is 2.39. The largest absolute Gasteiger partial charge is 0.394 e. The highest BCUT2D eigenvalue weighted by Gasteiger charge is 2.27. The number of aliphatic hydroxyl groups is 1. The number of rotatable bonds is 4. The van der Waals surface area contributed by atoms with Crippen LogP contribution in [0.1, 0.15) is 43.7 Å². The molecule has 1 atom stereocenters. The number of likely N-dealkylation sites (N-methyl/N-ethyl adjacent to an activating group) is 1. The monoisotopic (exact) mass is 247 g/mol. The molecule has 2 nitrogen and oxygen atoms in total. The predicted octanol–water partition coefficient (Wildman–Crippen LogP) is 2.81. The SMILES string of the molecule is CN(CC1CCCc2ccccc21)C(C)(C)CO. The summed E-state index contributed by atoms with van der Waals surface area (Å²) in [5.74, 6) is 0.616. The van der Waals surface area contributed by atoms with Crippen LogP contribution in [0.4, 0.5) is 0 Å². The molecule has 0 aliphatic heterocycles. The van der Waals surface area contributed by atoms with E-state index in [1.54, 1.807) is 0 Å². The van der Waals surface area contributed by atoms with Crippen molar-refractivity contribution in [2.75, 3.05) is 20.2 Å². The van der Waals surface area contributed by atoms with Crippen molar-refractivity contribution in [2.24, 2.45) is 0 Å². The highest BCUT2D eigenvalue weighted by Crippen LogP contribution is 2.32. The molecule has 1 aromatic rings. The minimum atomic E-state index is -0.133. The summed E-state index contributed by atoms with van der Waals surface area (Å²) in [6.45, 7) is 5.44. The van der Waals surface area contributed by atoms with Gasteiger partial charge >= 0.3 is 0 Å². The van der Waals surface area contributed by atoms with Crippen molar-refractivity contribution < 1.29 is 5.11 Å². The van der Waals surface area contributed by atoms with E-state index >= 15 is 0 Å². The molecule has 1 aliphatic rings. The van der Waals surface area contributed by atoms with Crippen molar-refractivity contribution in [2.45, 2.75) is 44.6 Å². The highest BCUT2D eigenvalue weighted by molar-refractivity contribution is 5.32. The molecular formula is C16H25NO. The first-order valence-corrected chi connectivity index (χ1v) is 6.94. The van der Waals surface area contributed by atoms with E-state index in [0.717, 1.165) is 6.54 Å². The summed E-state index contributed by atoms with van der Waals surface area (Å²) >= 11 is 0. The second-order valence-electron chi connectivity index (χ2n) is 6.14. The van der Waals surface area contributed by atoms with E-state index in [1.165, 1.54) is 30.4 Å². The number of fused-ring (bicyclic) bond motifs is 1. The molecule has 0 aromatic heterocycles. The topological polar surface area (TPSA) is 23.5 Å². The third-order valence-corrected chi connectivity index (χ3v) is 4.41. The van der Waals surface area contributed by atoms with Gasteiger partial charge < -0.3 is 5.11 Å². The Labute approximate surface area is 111 Å². The molecule has 0 fully saturated rings. The lowest BCUT2D eigenvalue weighted by molar-refractivity contribution is 0.0725. The van der Waals surface area contributed by atoms with Gasteiger partial charge in [0.05, 0.1) is 6.61 Å². The number of aliphatic hydroxyl groups excluding tert-OH is 1. The first-order chi connectivity index (χ1) is 8.54. The molecule has 0 bridgehead atoms. The van der Waals surface area contributed by atoms with Crippen molar-refractivity contribution >= 4 is 0 Å². The zero-order chi connectivity index (χ0) is 13.2. The first kappa shape index (κ1) is 13.6. The molecule has 2 heteroatoms. The molecule has 1 unspecified atom stereocenters. The third kappa shape index (κ3) is 2.76. The molecule has 0 radical (unpaired) electrons. The number of hydrogen-bond donors (Lipinski definition) is 1. The minimum Gasteiger partial charge on any atom is -0.394 e. The molecule has 100 valence electrons. The molecule has 2 rings (SSSR count). The number of nitrogens with zero attached hydrogens (tertiary/aromatic N) is 1. The van der Waals surface area contributed by atoms with Crippen LogP contribution in [-0.4, -0.2) is 35.7 Å². The van der Waals surface area contributed by atoms with Gasteiger partial charge in [-0.2, -0.15) is 0 Å². The van der Waals surface area contributed by atoms with Gasteiger partial charge in [-0.15, -0.1) is 0 Å².